The van der Waals surface area contributed by atoms with Crippen LogP contribution in [0.3, 0.4) is 0 Å². The molecule has 0 unspecified atom stereocenters. The molecular formula is C11H15N3O5. The van der Waals surface area contributed by atoms with Crippen molar-refractivity contribution in [2.24, 2.45) is 0 Å². The highest BCUT2D eigenvalue weighted by Crippen LogP contribution is 2.02. The molecule has 0 aliphatic rings. The van der Waals surface area contributed by atoms with E-state index in [9.17, 15) is 14.4 Å². The molecule has 0 fully saturated rings. The fourth-order valence-corrected chi connectivity index (χ4v) is 1.50. The Hall–Kier alpha value is -2.38. The minimum atomic E-state index is -1.18. The molecule has 0 bridgehead atoms. The first kappa shape index (κ1) is 14.7. The lowest BCUT2D eigenvalue weighted by Crippen LogP contribution is -2.42. The zero-order valence-electron chi connectivity index (χ0n) is 10.2. The van der Waals surface area contributed by atoms with Crippen LogP contribution in [0.25, 0.3) is 0 Å². The summed E-state index contributed by atoms with van der Waals surface area (Å²) in [4.78, 5) is 32.8. The summed E-state index contributed by atoms with van der Waals surface area (Å²) in [5.41, 5.74) is 0. The van der Waals surface area contributed by atoms with Gasteiger partial charge in [0.05, 0.1) is 0 Å². The van der Waals surface area contributed by atoms with Crippen LogP contribution in [0.15, 0.2) is 18.5 Å². The summed E-state index contributed by atoms with van der Waals surface area (Å²) in [6, 6.07) is 0.567. The summed E-state index contributed by atoms with van der Waals surface area (Å²) in [7, 11) is 0. The quantitative estimate of drug-likeness (QED) is 0.596. The molecule has 0 spiro atoms. The average Bonchev–Trinajstić information content (AvgIpc) is 2.79. The van der Waals surface area contributed by atoms with E-state index < -0.39 is 23.9 Å². The molecule has 3 N–H and O–H groups in total. The SMILES string of the molecule is O=C(O)CCC[C@@H](NC(=O)Cn1cccn1)C(=O)O. The lowest BCUT2D eigenvalue weighted by molar-refractivity contribution is -0.142. The van der Waals surface area contributed by atoms with Gasteiger partial charge in [-0.3, -0.25) is 14.3 Å². The topological polar surface area (TPSA) is 122 Å². The van der Waals surface area contributed by atoms with Crippen LogP contribution in [0, 0.1) is 0 Å². The normalized spacial score (nSPS) is 11.8. The Morgan fingerprint density at radius 2 is 2.05 bits per heavy atom. The average molecular weight is 269 g/mol. The molecule has 0 aliphatic heterocycles. The van der Waals surface area contributed by atoms with Crippen LogP contribution >= 0.6 is 0 Å². The van der Waals surface area contributed by atoms with Crippen LogP contribution in [0.4, 0.5) is 0 Å². The molecule has 1 aromatic heterocycles. The Labute approximate surface area is 109 Å². The Balaban J connectivity index is 2.42. The molecule has 0 saturated heterocycles. The van der Waals surface area contributed by atoms with Crippen molar-refractivity contribution in [3.05, 3.63) is 18.5 Å². The molecule has 0 aliphatic carbocycles. The number of hydrogen-bond donors (Lipinski definition) is 3. The molecule has 8 nitrogen and oxygen atoms in total. The third-order valence-corrected chi connectivity index (χ3v) is 2.38. The molecule has 19 heavy (non-hydrogen) atoms. The van der Waals surface area contributed by atoms with Crippen molar-refractivity contribution in [2.45, 2.75) is 31.8 Å². The maximum absolute atomic E-state index is 11.6. The predicted molar refractivity (Wildman–Crippen MR) is 63.3 cm³/mol. The largest absolute Gasteiger partial charge is 0.481 e. The molecule has 0 radical (unpaired) electrons. The Kier molecular flexibility index (Phi) is 5.52. The number of carbonyl (C=O) groups is 3. The lowest BCUT2D eigenvalue weighted by atomic mass is 10.1. The van der Waals surface area contributed by atoms with Gasteiger partial charge in [0, 0.05) is 18.8 Å². The van der Waals surface area contributed by atoms with E-state index in [0.717, 1.165) is 0 Å². The van der Waals surface area contributed by atoms with Gasteiger partial charge in [0.15, 0.2) is 0 Å². The molecule has 0 saturated carbocycles. The van der Waals surface area contributed by atoms with Crippen molar-refractivity contribution in [3.63, 3.8) is 0 Å². The second-order valence-electron chi connectivity index (χ2n) is 3.95. The first-order valence-electron chi connectivity index (χ1n) is 5.70. The maximum atomic E-state index is 11.6. The number of nitrogens with one attached hydrogen (secondary N) is 1. The Bertz CT molecular complexity index is 443. The number of amides is 1. The second-order valence-corrected chi connectivity index (χ2v) is 3.95. The number of carboxylic acids is 2. The molecular weight excluding hydrogens is 254 g/mol. The highest BCUT2D eigenvalue weighted by molar-refractivity contribution is 5.83. The molecule has 1 atom stereocenters. The van der Waals surface area contributed by atoms with Gasteiger partial charge < -0.3 is 15.5 Å². The smallest absolute Gasteiger partial charge is 0.326 e. The van der Waals surface area contributed by atoms with Crippen LogP contribution in [0.2, 0.25) is 0 Å². The van der Waals surface area contributed by atoms with Gasteiger partial charge in [-0.1, -0.05) is 0 Å². The van der Waals surface area contributed by atoms with Crippen molar-refractivity contribution < 1.29 is 24.6 Å². The zero-order valence-corrected chi connectivity index (χ0v) is 10.2. The molecule has 104 valence electrons. The lowest BCUT2D eigenvalue weighted by Gasteiger charge is -2.13. The van der Waals surface area contributed by atoms with E-state index >= 15 is 0 Å². The second kappa shape index (κ2) is 7.14. The number of aromatic nitrogens is 2. The van der Waals surface area contributed by atoms with Crippen molar-refractivity contribution in [1.82, 2.24) is 15.1 Å². The van der Waals surface area contributed by atoms with Crippen molar-refractivity contribution >= 4 is 17.8 Å². The number of carbonyl (C=O) groups excluding carboxylic acids is 1. The molecule has 1 rings (SSSR count). The molecule has 8 heteroatoms. The number of hydrogen-bond acceptors (Lipinski definition) is 4. The molecule has 1 aromatic rings. The van der Waals surface area contributed by atoms with Crippen molar-refractivity contribution in [2.75, 3.05) is 0 Å². The van der Waals surface area contributed by atoms with E-state index in [1.807, 2.05) is 0 Å². The van der Waals surface area contributed by atoms with Crippen LogP contribution in [-0.4, -0.2) is 43.9 Å². The molecule has 1 amide bonds. The van der Waals surface area contributed by atoms with E-state index in [1.54, 1.807) is 12.3 Å². The first-order valence-corrected chi connectivity index (χ1v) is 5.70. The Morgan fingerprint density at radius 1 is 1.32 bits per heavy atom. The van der Waals surface area contributed by atoms with E-state index in [1.165, 1.54) is 10.9 Å². The fraction of sp³-hybridized carbons (Fsp3) is 0.455. The van der Waals surface area contributed by atoms with Crippen LogP contribution < -0.4 is 5.32 Å². The summed E-state index contributed by atoms with van der Waals surface area (Å²) >= 11 is 0. The number of carboxylic acid groups (broad SMARTS) is 2. The van der Waals surface area contributed by atoms with E-state index in [-0.39, 0.29) is 25.8 Å². The summed E-state index contributed by atoms with van der Waals surface area (Å²) in [5.74, 6) is -2.65. The highest BCUT2D eigenvalue weighted by Gasteiger charge is 2.20. The van der Waals surface area contributed by atoms with E-state index in [0.29, 0.717) is 0 Å². The first-order chi connectivity index (χ1) is 8.99. The van der Waals surface area contributed by atoms with Gasteiger partial charge in [-0.05, 0) is 18.9 Å². The molecule has 0 aromatic carbocycles. The summed E-state index contributed by atoms with van der Waals surface area (Å²) in [6.07, 6.45) is 3.23. The van der Waals surface area contributed by atoms with Crippen LogP contribution in [-0.2, 0) is 20.9 Å². The van der Waals surface area contributed by atoms with Crippen molar-refractivity contribution in [3.8, 4) is 0 Å². The minimum Gasteiger partial charge on any atom is -0.481 e. The number of aliphatic carboxylic acids is 2. The van der Waals surface area contributed by atoms with Crippen molar-refractivity contribution in [1.29, 1.82) is 0 Å². The van der Waals surface area contributed by atoms with Gasteiger partial charge in [0.25, 0.3) is 0 Å². The molecule has 1 heterocycles. The minimum absolute atomic E-state index is 0.0737. The fourth-order valence-electron chi connectivity index (χ4n) is 1.50. The standard InChI is InChI=1S/C11H15N3O5/c15-9(7-14-6-2-5-12-14)13-8(11(18)19)3-1-4-10(16)17/h2,5-6,8H,1,3-4,7H2,(H,13,15)(H,16,17)(H,18,19)/t8-/m1/s1. The number of nitrogens with zero attached hydrogens (tertiary/aromatic N) is 2. The van der Waals surface area contributed by atoms with Crippen LogP contribution in [0.1, 0.15) is 19.3 Å². The Morgan fingerprint density at radius 3 is 2.58 bits per heavy atom. The highest BCUT2D eigenvalue weighted by atomic mass is 16.4. The van der Waals surface area contributed by atoms with Gasteiger partial charge in [-0.2, -0.15) is 5.10 Å². The summed E-state index contributed by atoms with van der Waals surface area (Å²) < 4.78 is 1.37. The van der Waals surface area contributed by atoms with E-state index in [4.69, 9.17) is 10.2 Å². The van der Waals surface area contributed by atoms with Crippen LogP contribution in [0.5, 0.6) is 0 Å². The zero-order chi connectivity index (χ0) is 14.3. The van der Waals surface area contributed by atoms with Gasteiger partial charge in [-0.15, -0.1) is 0 Å². The third kappa shape index (κ3) is 5.66. The van der Waals surface area contributed by atoms with Gasteiger partial charge in [0.2, 0.25) is 5.91 Å². The van der Waals surface area contributed by atoms with Gasteiger partial charge in [-0.25, -0.2) is 4.79 Å². The third-order valence-electron chi connectivity index (χ3n) is 2.38. The predicted octanol–water partition coefficient (Wildman–Crippen LogP) is -0.293. The van der Waals surface area contributed by atoms with E-state index in [2.05, 4.69) is 10.4 Å². The monoisotopic (exact) mass is 269 g/mol. The summed E-state index contributed by atoms with van der Waals surface area (Å²) in [6.45, 7) is -0.0737. The van der Waals surface area contributed by atoms with Gasteiger partial charge >= 0.3 is 11.9 Å². The summed E-state index contributed by atoms with van der Waals surface area (Å²) in [5, 5.41) is 23.6. The maximum Gasteiger partial charge on any atom is 0.326 e. The number of rotatable bonds is 8. The van der Waals surface area contributed by atoms with Gasteiger partial charge in [0.1, 0.15) is 12.6 Å².